The van der Waals surface area contributed by atoms with Crippen molar-refractivity contribution in [3.63, 3.8) is 0 Å². The van der Waals surface area contributed by atoms with Crippen LogP contribution in [0.1, 0.15) is 36.5 Å². The van der Waals surface area contributed by atoms with E-state index in [0.29, 0.717) is 16.2 Å². The molecule has 2 heterocycles. The summed E-state index contributed by atoms with van der Waals surface area (Å²) in [7, 11) is 0. The predicted octanol–water partition coefficient (Wildman–Crippen LogP) is 1.92. The molecule has 0 radical (unpaired) electrons. The highest BCUT2D eigenvalue weighted by Gasteiger charge is 2.60. The summed E-state index contributed by atoms with van der Waals surface area (Å²) in [5, 5.41) is 0. The van der Waals surface area contributed by atoms with Crippen molar-refractivity contribution in [1.29, 1.82) is 0 Å². The molecule has 2 aromatic carbocycles. The Hall–Kier alpha value is -4.33. The number of benzene rings is 2. The Morgan fingerprint density at radius 3 is 2.48 bits per heavy atom. The minimum Gasteiger partial charge on any atom is -0.368 e. The molecule has 2 saturated heterocycles. The van der Waals surface area contributed by atoms with Crippen LogP contribution in [-0.4, -0.2) is 70.7 Å². The van der Waals surface area contributed by atoms with Crippen molar-refractivity contribution in [3.8, 4) is 0 Å². The molecular formula is C28H26F4N4O6. The number of Topliss-reactive ketones (excluding diaryl/α,β-unsaturated/α-hetero) is 1. The largest absolute Gasteiger partial charge is 0.408 e. The van der Waals surface area contributed by atoms with Crippen LogP contribution < -0.4 is 10.6 Å². The maximum atomic E-state index is 13.7. The third-order valence-electron chi connectivity index (χ3n) is 7.91. The van der Waals surface area contributed by atoms with Crippen molar-refractivity contribution >= 4 is 35.1 Å². The third kappa shape index (κ3) is 4.89. The number of alkyl halides is 3. The molecule has 5 rings (SSSR count). The lowest BCUT2D eigenvalue weighted by Crippen LogP contribution is -2.51. The Labute approximate surface area is 237 Å². The second-order valence-corrected chi connectivity index (χ2v) is 10.5. The van der Waals surface area contributed by atoms with E-state index in [1.807, 2.05) is 0 Å². The topological polar surface area (TPSA) is 130 Å². The number of fused-ring (bicyclic) bond motifs is 2. The number of anilines is 1. The fraction of sp³-hybridized carbons (Fsp3) is 0.393. The molecule has 2 aliphatic heterocycles. The SMILES string of the molecule is C[C@H](N(Cc1ccc(F)cc1)C(=O)CN1CO[C@]2(C(=O)Cc3cc(N4C(=O)CC[C@H]4C(N)=O)ccc32)C1=O)C(F)(F)F. The first-order valence-corrected chi connectivity index (χ1v) is 13.1. The summed E-state index contributed by atoms with van der Waals surface area (Å²) < 4.78 is 60.0. The number of primary amides is 1. The van der Waals surface area contributed by atoms with E-state index in [2.05, 4.69) is 0 Å². The van der Waals surface area contributed by atoms with Gasteiger partial charge in [-0.3, -0.25) is 28.9 Å². The molecule has 42 heavy (non-hydrogen) atoms. The molecule has 1 spiro atoms. The maximum Gasteiger partial charge on any atom is 0.408 e. The summed E-state index contributed by atoms with van der Waals surface area (Å²) in [4.78, 5) is 66.9. The Morgan fingerprint density at radius 1 is 1.14 bits per heavy atom. The number of ketones is 1. The molecular weight excluding hydrogens is 564 g/mol. The molecule has 0 saturated carbocycles. The van der Waals surface area contributed by atoms with E-state index in [1.165, 1.54) is 35.2 Å². The Bertz CT molecular complexity index is 1480. The summed E-state index contributed by atoms with van der Waals surface area (Å²) in [6.45, 7) is -1.03. The van der Waals surface area contributed by atoms with Gasteiger partial charge in [0.15, 0.2) is 5.78 Å². The molecule has 222 valence electrons. The van der Waals surface area contributed by atoms with Crippen LogP contribution in [0.5, 0.6) is 0 Å². The Balaban J connectivity index is 1.38. The highest BCUT2D eigenvalue weighted by atomic mass is 19.4. The van der Waals surface area contributed by atoms with Gasteiger partial charge >= 0.3 is 6.18 Å². The molecule has 2 aromatic rings. The van der Waals surface area contributed by atoms with Gasteiger partial charge in [-0.05, 0) is 48.7 Å². The van der Waals surface area contributed by atoms with Crippen molar-refractivity contribution in [2.75, 3.05) is 18.2 Å². The lowest BCUT2D eigenvalue weighted by molar-refractivity contribution is -0.187. The molecule has 14 heteroatoms. The molecule has 2 fully saturated rings. The summed E-state index contributed by atoms with van der Waals surface area (Å²) in [6.07, 6.45) is -4.68. The first kappa shape index (κ1) is 29.2. The highest BCUT2D eigenvalue weighted by Crippen LogP contribution is 2.44. The van der Waals surface area contributed by atoms with Gasteiger partial charge in [0.2, 0.25) is 23.3 Å². The van der Waals surface area contributed by atoms with E-state index >= 15 is 0 Å². The van der Waals surface area contributed by atoms with Crippen LogP contribution in [0, 0.1) is 5.82 Å². The zero-order valence-electron chi connectivity index (χ0n) is 22.3. The molecule has 4 amide bonds. The van der Waals surface area contributed by atoms with Crippen LogP contribution in [-0.2, 0) is 47.3 Å². The van der Waals surface area contributed by atoms with Crippen LogP contribution in [0.4, 0.5) is 23.2 Å². The van der Waals surface area contributed by atoms with Gasteiger partial charge in [0.1, 0.15) is 31.2 Å². The normalized spacial score (nSPS) is 22.7. The second kappa shape index (κ2) is 10.5. The monoisotopic (exact) mass is 590 g/mol. The number of hydrogen-bond donors (Lipinski definition) is 1. The maximum absolute atomic E-state index is 13.7. The average Bonchev–Trinajstić information content (AvgIpc) is 3.56. The number of carbonyl (C=O) groups is 5. The lowest BCUT2D eigenvalue weighted by Gasteiger charge is -2.32. The molecule has 1 aliphatic carbocycles. The summed E-state index contributed by atoms with van der Waals surface area (Å²) >= 11 is 0. The number of nitrogens with zero attached hydrogens (tertiary/aromatic N) is 3. The smallest absolute Gasteiger partial charge is 0.368 e. The fourth-order valence-electron chi connectivity index (χ4n) is 5.63. The van der Waals surface area contributed by atoms with Crippen LogP contribution in [0.2, 0.25) is 0 Å². The van der Waals surface area contributed by atoms with E-state index in [0.717, 1.165) is 24.0 Å². The van der Waals surface area contributed by atoms with Crippen molar-refractivity contribution in [1.82, 2.24) is 9.80 Å². The average molecular weight is 591 g/mol. The summed E-state index contributed by atoms with van der Waals surface area (Å²) in [5.74, 6) is -4.20. The van der Waals surface area contributed by atoms with Gasteiger partial charge < -0.3 is 20.3 Å². The van der Waals surface area contributed by atoms with E-state index in [4.69, 9.17) is 10.5 Å². The number of hydrogen-bond acceptors (Lipinski definition) is 6. The Kier molecular flexibility index (Phi) is 7.29. The first-order chi connectivity index (χ1) is 19.7. The van der Waals surface area contributed by atoms with Gasteiger partial charge in [0.05, 0.1) is 0 Å². The van der Waals surface area contributed by atoms with E-state index in [9.17, 15) is 41.5 Å². The van der Waals surface area contributed by atoms with Crippen LogP contribution in [0.25, 0.3) is 0 Å². The number of ether oxygens (including phenoxy) is 1. The predicted molar refractivity (Wildman–Crippen MR) is 137 cm³/mol. The zero-order chi connectivity index (χ0) is 30.6. The van der Waals surface area contributed by atoms with E-state index in [-0.39, 0.29) is 36.3 Å². The van der Waals surface area contributed by atoms with Crippen molar-refractivity contribution in [2.24, 2.45) is 5.73 Å². The highest BCUT2D eigenvalue weighted by molar-refractivity contribution is 6.15. The molecule has 0 bridgehead atoms. The minimum atomic E-state index is -4.79. The van der Waals surface area contributed by atoms with Crippen LogP contribution in [0.3, 0.4) is 0 Å². The van der Waals surface area contributed by atoms with Crippen molar-refractivity contribution in [3.05, 3.63) is 65.0 Å². The van der Waals surface area contributed by atoms with Gasteiger partial charge in [-0.25, -0.2) is 4.39 Å². The summed E-state index contributed by atoms with van der Waals surface area (Å²) in [5.41, 5.74) is 4.46. The molecule has 0 aromatic heterocycles. The Morgan fingerprint density at radius 2 is 1.83 bits per heavy atom. The zero-order valence-corrected chi connectivity index (χ0v) is 22.3. The van der Waals surface area contributed by atoms with Gasteiger partial charge in [0.25, 0.3) is 5.91 Å². The number of nitrogens with two attached hydrogens (primary N) is 1. The van der Waals surface area contributed by atoms with Crippen molar-refractivity contribution < 1.29 is 46.3 Å². The van der Waals surface area contributed by atoms with Gasteiger partial charge in [-0.15, -0.1) is 0 Å². The van der Waals surface area contributed by atoms with Gasteiger partial charge in [0, 0.05) is 30.6 Å². The molecule has 3 atom stereocenters. The van der Waals surface area contributed by atoms with E-state index < -0.39 is 73.0 Å². The second-order valence-electron chi connectivity index (χ2n) is 10.5. The minimum absolute atomic E-state index is 0.114. The summed E-state index contributed by atoms with van der Waals surface area (Å²) in [6, 6.07) is 5.91. The van der Waals surface area contributed by atoms with Crippen LogP contribution >= 0.6 is 0 Å². The number of carbonyl (C=O) groups excluding carboxylic acids is 5. The van der Waals surface area contributed by atoms with Crippen molar-refractivity contribution in [2.45, 2.75) is 56.6 Å². The molecule has 10 nitrogen and oxygen atoms in total. The third-order valence-corrected chi connectivity index (χ3v) is 7.91. The molecule has 3 aliphatic rings. The first-order valence-electron chi connectivity index (χ1n) is 13.1. The number of rotatable bonds is 7. The van der Waals surface area contributed by atoms with Gasteiger partial charge in [-0.2, -0.15) is 13.2 Å². The van der Waals surface area contributed by atoms with E-state index in [1.54, 1.807) is 0 Å². The quantitative estimate of drug-likeness (QED) is 0.388. The number of halogens is 4. The molecule has 0 unspecified atom stereocenters. The standard InChI is InChI=1S/C28H26F4N4O6/c1-15(28(30,31)32)35(12-16-2-4-18(29)5-3-16)24(39)13-34-14-42-27(26(34)41)20-7-6-19(10-17(20)11-22(27)37)36-21(25(33)40)8-9-23(36)38/h2-7,10,15,21H,8-9,11-14H2,1H3,(H2,33,40)/t15-,21-,27+/m0/s1. The lowest BCUT2D eigenvalue weighted by atomic mass is 9.93. The number of amides is 4. The van der Waals surface area contributed by atoms with Crippen LogP contribution in [0.15, 0.2) is 42.5 Å². The molecule has 2 N–H and O–H groups in total. The fourth-order valence-corrected chi connectivity index (χ4v) is 5.63. The van der Waals surface area contributed by atoms with Gasteiger partial charge in [-0.1, -0.05) is 18.2 Å².